The van der Waals surface area contributed by atoms with Crippen molar-refractivity contribution in [3.8, 4) is 0 Å². The molecule has 14 heavy (non-hydrogen) atoms. The zero-order valence-electron chi connectivity index (χ0n) is 9.90. The normalized spacial score (nSPS) is 27.1. The molecule has 1 fully saturated rings. The highest BCUT2D eigenvalue weighted by molar-refractivity contribution is 5.84. The van der Waals surface area contributed by atoms with Crippen LogP contribution >= 0.6 is 0 Å². The molecular formula is C12H14O2. The van der Waals surface area contributed by atoms with Gasteiger partial charge in [0, 0.05) is 9.16 Å². The summed E-state index contributed by atoms with van der Waals surface area (Å²) in [5.41, 5.74) is 1.00. The molecule has 1 saturated carbocycles. The lowest BCUT2D eigenvalue weighted by atomic mass is 10.2. The van der Waals surface area contributed by atoms with E-state index in [1.807, 2.05) is 30.3 Å². The Morgan fingerprint density at radius 2 is 2.21 bits per heavy atom. The second kappa shape index (κ2) is 4.38. The molecule has 0 amide bonds. The molecule has 2 rings (SSSR count). The third-order valence-electron chi connectivity index (χ3n) is 2.28. The van der Waals surface area contributed by atoms with E-state index in [9.17, 15) is 4.79 Å². The minimum atomic E-state index is -1.39. The van der Waals surface area contributed by atoms with E-state index in [1.165, 1.54) is 0 Å². The summed E-state index contributed by atoms with van der Waals surface area (Å²) in [5, 5.41) is 0. The lowest BCUT2D eigenvalue weighted by Crippen LogP contribution is -2.17. The molecule has 0 saturated heterocycles. The largest absolute Gasteiger partial charge is 0.366 e. The molecule has 1 aliphatic rings. The quantitative estimate of drug-likeness (QED) is 0.734. The fourth-order valence-corrected chi connectivity index (χ4v) is 1.48. The third kappa shape index (κ3) is 2.20. The molecule has 1 aromatic carbocycles. The second-order valence-electron chi connectivity index (χ2n) is 3.38. The van der Waals surface area contributed by atoms with Crippen molar-refractivity contribution in [3.05, 3.63) is 35.9 Å². The van der Waals surface area contributed by atoms with Gasteiger partial charge in [-0.2, -0.15) is 0 Å². The van der Waals surface area contributed by atoms with E-state index in [1.54, 1.807) is 0 Å². The Labute approximate surface area is 86.7 Å². The van der Waals surface area contributed by atoms with Crippen molar-refractivity contribution in [2.75, 3.05) is 0 Å². The molecular weight excluding hydrogens is 176 g/mol. The number of hydrogen-bond donors (Lipinski definition) is 0. The number of rotatable bonds is 3. The Kier molecular flexibility index (Phi) is 2.25. The summed E-state index contributed by atoms with van der Waals surface area (Å²) < 4.78 is 20.4. The van der Waals surface area contributed by atoms with Crippen molar-refractivity contribution in [2.45, 2.75) is 31.9 Å². The fourth-order valence-electron chi connectivity index (χ4n) is 1.48. The average Bonchev–Trinajstić information content (AvgIpc) is 2.50. The van der Waals surface area contributed by atoms with E-state index in [4.69, 9.17) is 7.48 Å². The standard InChI is InChI=1S/C12H14O2/c13-11-7-4-8-12(11)14-9-10-5-2-1-3-6-10/h1-3,5-6,12H,4,7-9H2/i4D2. The van der Waals surface area contributed by atoms with Crippen molar-refractivity contribution in [3.63, 3.8) is 0 Å². The van der Waals surface area contributed by atoms with E-state index in [-0.39, 0.29) is 18.6 Å². The van der Waals surface area contributed by atoms with E-state index in [2.05, 4.69) is 0 Å². The van der Waals surface area contributed by atoms with Gasteiger partial charge in [-0.3, -0.25) is 4.79 Å². The lowest BCUT2D eigenvalue weighted by Gasteiger charge is -2.09. The summed E-state index contributed by atoms with van der Waals surface area (Å²) >= 11 is 0. The Bertz CT molecular complexity index is 376. The molecule has 1 unspecified atom stereocenters. The first kappa shape index (κ1) is 7.18. The van der Waals surface area contributed by atoms with Gasteiger partial charge in [0.2, 0.25) is 0 Å². The van der Waals surface area contributed by atoms with E-state index in [0.29, 0.717) is 6.61 Å². The topological polar surface area (TPSA) is 26.3 Å². The van der Waals surface area contributed by atoms with E-state index in [0.717, 1.165) is 5.56 Å². The van der Waals surface area contributed by atoms with Crippen molar-refractivity contribution in [2.24, 2.45) is 0 Å². The first-order chi connectivity index (χ1) is 7.57. The molecule has 1 atom stereocenters. The Hall–Kier alpha value is -1.15. The SMILES string of the molecule is [2H]C1([2H])CC(=O)C(OCc2ccccc2)C1. The summed E-state index contributed by atoms with van der Waals surface area (Å²) in [6.45, 7) is 0.368. The maximum absolute atomic E-state index is 11.4. The summed E-state index contributed by atoms with van der Waals surface area (Å²) in [5.74, 6) is -0.124. The van der Waals surface area contributed by atoms with Crippen LogP contribution < -0.4 is 0 Å². The number of carbonyl (C=O) groups excluding carboxylic acids is 1. The van der Waals surface area contributed by atoms with Gasteiger partial charge in [0.25, 0.3) is 0 Å². The number of ether oxygens (including phenoxy) is 1. The maximum atomic E-state index is 11.4. The van der Waals surface area contributed by atoms with Crippen molar-refractivity contribution in [1.82, 2.24) is 0 Å². The second-order valence-corrected chi connectivity index (χ2v) is 3.38. The van der Waals surface area contributed by atoms with Crippen LogP contribution in [0.5, 0.6) is 0 Å². The van der Waals surface area contributed by atoms with Gasteiger partial charge >= 0.3 is 0 Å². The highest BCUT2D eigenvalue weighted by Crippen LogP contribution is 2.18. The average molecular weight is 192 g/mol. The summed E-state index contributed by atoms with van der Waals surface area (Å²) in [6, 6.07) is 9.59. The first-order valence-electron chi connectivity index (χ1n) is 5.75. The minimum absolute atomic E-state index is 0.0214. The zero-order chi connectivity index (χ0) is 11.6. The smallest absolute Gasteiger partial charge is 0.161 e. The predicted octanol–water partition coefficient (Wildman–Crippen LogP) is 2.32. The van der Waals surface area contributed by atoms with Gasteiger partial charge in [-0.25, -0.2) is 0 Å². The third-order valence-corrected chi connectivity index (χ3v) is 2.28. The zero-order valence-corrected chi connectivity index (χ0v) is 7.90. The number of benzene rings is 1. The fraction of sp³-hybridized carbons (Fsp3) is 0.417. The van der Waals surface area contributed by atoms with Crippen LogP contribution in [0, 0.1) is 0 Å². The van der Waals surface area contributed by atoms with Crippen LogP contribution in [-0.2, 0) is 16.1 Å². The van der Waals surface area contributed by atoms with Crippen molar-refractivity contribution >= 4 is 5.78 Å². The summed E-state index contributed by atoms with van der Waals surface area (Å²) in [7, 11) is 0. The van der Waals surface area contributed by atoms with Crippen LogP contribution in [0.4, 0.5) is 0 Å². The highest BCUT2D eigenvalue weighted by Gasteiger charge is 2.24. The van der Waals surface area contributed by atoms with Crippen LogP contribution in [0.1, 0.15) is 27.5 Å². The molecule has 0 aliphatic heterocycles. The Morgan fingerprint density at radius 1 is 1.43 bits per heavy atom. The maximum Gasteiger partial charge on any atom is 0.161 e. The van der Waals surface area contributed by atoms with Crippen molar-refractivity contribution in [1.29, 1.82) is 0 Å². The van der Waals surface area contributed by atoms with Gasteiger partial charge in [0.05, 0.1) is 6.61 Å². The molecule has 0 radical (unpaired) electrons. The van der Waals surface area contributed by atoms with E-state index < -0.39 is 12.5 Å². The first-order valence-corrected chi connectivity index (χ1v) is 4.75. The molecule has 1 aliphatic carbocycles. The molecule has 0 N–H and O–H groups in total. The minimum Gasteiger partial charge on any atom is -0.366 e. The van der Waals surface area contributed by atoms with Gasteiger partial charge in [-0.05, 0) is 18.4 Å². The lowest BCUT2D eigenvalue weighted by molar-refractivity contribution is -0.128. The molecule has 1 aromatic rings. The van der Waals surface area contributed by atoms with Gasteiger partial charge in [-0.1, -0.05) is 30.3 Å². The molecule has 74 valence electrons. The van der Waals surface area contributed by atoms with Gasteiger partial charge in [0.15, 0.2) is 5.78 Å². The summed E-state index contributed by atoms with van der Waals surface area (Å²) in [6.07, 6.45) is -1.81. The number of Topliss-reactive ketones (excluding diaryl/α,β-unsaturated/α-hetero) is 1. The molecule has 0 heterocycles. The Morgan fingerprint density at radius 3 is 2.86 bits per heavy atom. The van der Waals surface area contributed by atoms with Crippen molar-refractivity contribution < 1.29 is 12.3 Å². The molecule has 0 aromatic heterocycles. The monoisotopic (exact) mass is 192 g/mol. The number of ketones is 1. The number of carbonyl (C=O) groups is 1. The van der Waals surface area contributed by atoms with Gasteiger partial charge in [0.1, 0.15) is 6.10 Å². The molecule has 0 spiro atoms. The van der Waals surface area contributed by atoms with Crippen LogP contribution in [0.25, 0.3) is 0 Å². The van der Waals surface area contributed by atoms with Crippen LogP contribution in [-0.4, -0.2) is 11.9 Å². The van der Waals surface area contributed by atoms with E-state index >= 15 is 0 Å². The van der Waals surface area contributed by atoms with Crippen LogP contribution in [0.2, 0.25) is 0 Å². The Balaban J connectivity index is 1.90. The molecule has 2 heteroatoms. The molecule has 0 bridgehead atoms. The predicted molar refractivity (Wildman–Crippen MR) is 53.9 cm³/mol. The molecule has 2 nitrogen and oxygen atoms in total. The summed E-state index contributed by atoms with van der Waals surface area (Å²) in [4.78, 5) is 11.4. The number of hydrogen-bond acceptors (Lipinski definition) is 2. The van der Waals surface area contributed by atoms with Crippen LogP contribution in [0.3, 0.4) is 0 Å². The van der Waals surface area contributed by atoms with Gasteiger partial charge in [-0.15, -0.1) is 0 Å². The highest BCUT2D eigenvalue weighted by atomic mass is 16.5. The van der Waals surface area contributed by atoms with Gasteiger partial charge < -0.3 is 4.74 Å². The van der Waals surface area contributed by atoms with Crippen LogP contribution in [0.15, 0.2) is 30.3 Å².